The Hall–Kier alpha value is -2.54. The summed E-state index contributed by atoms with van der Waals surface area (Å²) in [6.07, 6.45) is -2.78. The highest BCUT2D eigenvalue weighted by molar-refractivity contribution is 5.89. The van der Waals surface area contributed by atoms with Crippen molar-refractivity contribution in [1.29, 1.82) is 5.26 Å². The molecule has 106 valence electrons. The summed E-state index contributed by atoms with van der Waals surface area (Å²) in [7, 11) is 0. The first-order valence-electron chi connectivity index (χ1n) is 6.26. The molecule has 0 aromatic heterocycles. The Balaban J connectivity index is 2.33. The number of hydrogen-bond donors (Lipinski definition) is 0. The van der Waals surface area contributed by atoms with E-state index in [1.54, 1.807) is 6.08 Å². The van der Waals surface area contributed by atoms with E-state index >= 15 is 0 Å². The molecule has 0 saturated carbocycles. The lowest BCUT2D eigenvalue weighted by Crippen LogP contribution is -2.03. The standard InChI is InChI=1S/C17H12F3N/c1-12-2-6-14(7-3-12)15(11-21)10-13-4-8-16(9-5-13)17(18,19)20/h2-10H,1H3/b15-10-. The maximum absolute atomic E-state index is 12.5. The quantitative estimate of drug-likeness (QED) is 0.558. The highest BCUT2D eigenvalue weighted by Gasteiger charge is 2.29. The molecule has 0 aliphatic rings. The molecule has 0 bridgehead atoms. The predicted octanol–water partition coefficient (Wildman–Crippen LogP) is 5.08. The molecule has 2 aromatic carbocycles. The molecule has 2 rings (SSSR count). The van der Waals surface area contributed by atoms with Gasteiger partial charge in [0.05, 0.1) is 17.2 Å². The van der Waals surface area contributed by atoms with E-state index in [-0.39, 0.29) is 0 Å². The van der Waals surface area contributed by atoms with Crippen molar-refractivity contribution in [2.75, 3.05) is 0 Å². The van der Waals surface area contributed by atoms with E-state index < -0.39 is 11.7 Å². The van der Waals surface area contributed by atoms with E-state index in [2.05, 4.69) is 6.07 Å². The van der Waals surface area contributed by atoms with E-state index in [0.717, 1.165) is 23.3 Å². The second kappa shape index (κ2) is 5.84. The van der Waals surface area contributed by atoms with Crippen LogP contribution in [0.25, 0.3) is 11.6 Å². The predicted molar refractivity (Wildman–Crippen MR) is 76.1 cm³/mol. The molecule has 1 nitrogen and oxygen atoms in total. The zero-order valence-corrected chi connectivity index (χ0v) is 11.3. The fraction of sp³-hybridized carbons (Fsp3) is 0.118. The molecule has 0 amide bonds. The van der Waals surface area contributed by atoms with Crippen molar-refractivity contribution in [2.24, 2.45) is 0 Å². The smallest absolute Gasteiger partial charge is 0.192 e. The first kappa shape index (κ1) is 14.9. The molecule has 2 aromatic rings. The molecule has 0 spiro atoms. The summed E-state index contributed by atoms with van der Waals surface area (Å²) >= 11 is 0. The lowest BCUT2D eigenvalue weighted by molar-refractivity contribution is -0.137. The molecule has 0 atom stereocenters. The van der Waals surface area contributed by atoms with Crippen LogP contribution in [-0.2, 0) is 6.18 Å². The third-order valence-corrected chi connectivity index (χ3v) is 3.03. The number of nitrogens with zero attached hydrogens (tertiary/aromatic N) is 1. The van der Waals surface area contributed by atoms with Crippen LogP contribution < -0.4 is 0 Å². The van der Waals surface area contributed by atoms with Crippen LogP contribution in [0.15, 0.2) is 48.5 Å². The molecule has 0 unspecified atom stereocenters. The number of benzene rings is 2. The summed E-state index contributed by atoms with van der Waals surface area (Å²) in [6, 6.07) is 14.2. The van der Waals surface area contributed by atoms with Crippen molar-refractivity contribution in [2.45, 2.75) is 13.1 Å². The molecule has 21 heavy (non-hydrogen) atoms. The second-order valence-corrected chi connectivity index (χ2v) is 4.66. The van der Waals surface area contributed by atoms with Crippen molar-refractivity contribution in [3.8, 4) is 6.07 Å². The Labute approximate surface area is 121 Å². The van der Waals surface area contributed by atoms with Gasteiger partial charge < -0.3 is 0 Å². The number of allylic oxidation sites excluding steroid dienone is 1. The van der Waals surface area contributed by atoms with Crippen molar-refractivity contribution in [1.82, 2.24) is 0 Å². The molecule has 0 aliphatic heterocycles. The van der Waals surface area contributed by atoms with Crippen LogP contribution in [0.2, 0.25) is 0 Å². The van der Waals surface area contributed by atoms with Crippen LogP contribution in [0.1, 0.15) is 22.3 Å². The van der Waals surface area contributed by atoms with Gasteiger partial charge in [0.15, 0.2) is 0 Å². The van der Waals surface area contributed by atoms with Gasteiger partial charge in [0, 0.05) is 0 Å². The van der Waals surface area contributed by atoms with Crippen LogP contribution in [0.5, 0.6) is 0 Å². The maximum Gasteiger partial charge on any atom is 0.416 e. The third kappa shape index (κ3) is 3.73. The first-order valence-corrected chi connectivity index (χ1v) is 6.26. The summed E-state index contributed by atoms with van der Waals surface area (Å²) < 4.78 is 37.4. The minimum absolute atomic E-state index is 0.412. The van der Waals surface area contributed by atoms with Gasteiger partial charge >= 0.3 is 6.18 Å². The second-order valence-electron chi connectivity index (χ2n) is 4.66. The zero-order chi connectivity index (χ0) is 15.5. The van der Waals surface area contributed by atoms with E-state index in [1.807, 2.05) is 31.2 Å². The Morgan fingerprint density at radius 2 is 1.57 bits per heavy atom. The average Bonchev–Trinajstić information content (AvgIpc) is 2.45. The highest BCUT2D eigenvalue weighted by Crippen LogP contribution is 2.29. The summed E-state index contributed by atoms with van der Waals surface area (Å²) in [5.41, 5.74) is 2.08. The molecule has 0 fully saturated rings. The highest BCUT2D eigenvalue weighted by atomic mass is 19.4. The fourth-order valence-electron chi connectivity index (χ4n) is 1.85. The van der Waals surface area contributed by atoms with E-state index in [0.29, 0.717) is 11.1 Å². The summed E-state index contributed by atoms with van der Waals surface area (Å²) in [5, 5.41) is 9.20. The van der Waals surface area contributed by atoms with Gasteiger partial charge in [0.25, 0.3) is 0 Å². The van der Waals surface area contributed by atoms with Gasteiger partial charge in [0.2, 0.25) is 0 Å². The lowest BCUT2D eigenvalue weighted by Gasteiger charge is -2.06. The van der Waals surface area contributed by atoms with E-state index in [4.69, 9.17) is 0 Å². The monoisotopic (exact) mass is 287 g/mol. The molecular formula is C17H12F3N. The number of aryl methyl sites for hydroxylation is 1. The Morgan fingerprint density at radius 1 is 1.00 bits per heavy atom. The first-order chi connectivity index (χ1) is 9.90. The maximum atomic E-state index is 12.5. The number of hydrogen-bond acceptors (Lipinski definition) is 1. The van der Waals surface area contributed by atoms with Gasteiger partial charge in [-0.05, 0) is 36.3 Å². The number of halogens is 3. The molecule has 0 N–H and O–H groups in total. The van der Waals surface area contributed by atoms with Crippen LogP contribution in [0, 0.1) is 18.3 Å². The molecule has 4 heteroatoms. The number of nitriles is 1. The van der Waals surface area contributed by atoms with Crippen LogP contribution in [-0.4, -0.2) is 0 Å². The summed E-state index contributed by atoms with van der Waals surface area (Å²) in [6.45, 7) is 1.94. The molecular weight excluding hydrogens is 275 g/mol. The summed E-state index contributed by atoms with van der Waals surface area (Å²) in [4.78, 5) is 0. The van der Waals surface area contributed by atoms with Gasteiger partial charge in [-0.25, -0.2) is 0 Å². The third-order valence-electron chi connectivity index (χ3n) is 3.03. The van der Waals surface area contributed by atoms with Crippen molar-refractivity contribution >= 4 is 11.6 Å². The number of alkyl halides is 3. The Morgan fingerprint density at radius 3 is 2.05 bits per heavy atom. The van der Waals surface area contributed by atoms with Crippen LogP contribution in [0.4, 0.5) is 13.2 Å². The number of rotatable bonds is 2. The molecule has 0 aliphatic carbocycles. The fourth-order valence-corrected chi connectivity index (χ4v) is 1.85. The summed E-state index contributed by atoms with van der Waals surface area (Å²) in [5.74, 6) is 0. The van der Waals surface area contributed by atoms with E-state index in [1.165, 1.54) is 12.1 Å². The van der Waals surface area contributed by atoms with Crippen molar-refractivity contribution in [3.05, 3.63) is 70.8 Å². The van der Waals surface area contributed by atoms with Crippen molar-refractivity contribution < 1.29 is 13.2 Å². The van der Waals surface area contributed by atoms with Gasteiger partial charge in [-0.15, -0.1) is 0 Å². The van der Waals surface area contributed by atoms with Gasteiger partial charge in [0.1, 0.15) is 0 Å². The molecule has 0 saturated heterocycles. The SMILES string of the molecule is Cc1ccc(/C(C#N)=C\c2ccc(C(F)(F)F)cc2)cc1. The van der Waals surface area contributed by atoms with E-state index in [9.17, 15) is 18.4 Å². The normalized spacial score (nSPS) is 12.0. The van der Waals surface area contributed by atoms with Crippen molar-refractivity contribution in [3.63, 3.8) is 0 Å². The molecule has 0 radical (unpaired) electrons. The lowest BCUT2D eigenvalue weighted by atomic mass is 10.0. The van der Waals surface area contributed by atoms with Crippen LogP contribution >= 0.6 is 0 Å². The molecule has 0 heterocycles. The minimum Gasteiger partial charge on any atom is -0.192 e. The Bertz CT molecular complexity index is 687. The Kier molecular flexibility index (Phi) is 4.13. The largest absolute Gasteiger partial charge is 0.416 e. The van der Waals surface area contributed by atoms with Gasteiger partial charge in [-0.2, -0.15) is 18.4 Å². The van der Waals surface area contributed by atoms with Crippen LogP contribution in [0.3, 0.4) is 0 Å². The van der Waals surface area contributed by atoms with Gasteiger partial charge in [-0.1, -0.05) is 42.0 Å². The van der Waals surface area contributed by atoms with Gasteiger partial charge in [-0.3, -0.25) is 0 Å². The topological polar surface area (TPSA) is 23.8 Å². The minimum atomic E-state index is -4.35. The zero-order valence-electron chi connectivity index (χ0n) is 11.3. The average molecular weight is 287 g/mol.